The van der Waals surface area contributed by atoms with Gasteiger partial charge in [0, 0.05) is 13.7 Å². The van der Waals surface area contributed by atoms with Gasteiger partial charge in [-0.15, -0.1) is 0 Å². The molecule has 2 nitrogen and oxygen atoms in total. The molecule has 0 spiro atoms. The van der Waals surface area contributed by atoms with Crippen LogP contribution in [0.1, 0.15) is 22.2 Å². The molecule has 0 aromatic carbocycles. The zero-order valence-electron chi connectivity index (χ0n) is 6.31. The highest BCUT2D eigenvalue weighted by Crippen LogP contribution is 1.92. The fourth-order valence-corrected chi connectivity index (χ4v) is 1.57. The third-order valence-electron chi connectivity index (χ3n) is 0.790. The molecule has 0 rings (SSSR count). The maximum atomic E-state index is 10.9. The largest absolute Gasteiger partial charge is 0.243 e. The number of hydrogen-bond donors (Lipinski definition) is 1. The summed E-state index contributed by atoms with van der Waals surface area (Å²) >= 11 is 0. The molecule has 0 radical (unpaired) electrons. The third-order valence-corrected chi connectivity index (χ3v) is 2.37. The lowest BCUT2D eigenvalue weighted by atomic mass is 10.3. The van der Waals surface area contributed by atoms with Gasteiger partial charge in [0.05, 0.1) is 11.0 Å². The van der Waals surface area contributed by atoms with Crippen LogP contribution in [0.25, 0.3) is 0 Å². The first kappa shape index (κ1) is 9.11. The summed E-state index contributed by atoms with van der Waals surface area (Å²) < 4.78 is 13.7. The molecular formula is C6H17NOS. The number of rotatable bonds is 4. The highest BCUT2D eigenvalue weighted by molar-refractivity contribution is 7.83. The first-order valence-corrected chi connectivity index (χ1v) is 4.60. The average molecular weight is 151 g/mol. The molecule has 0 aromatic rings. The maximum Gasteiger partial charge on any atom is 0.0917 e. The molecule has 0 aliphatic carbocycles. The molecule has 0 heterocycles. The highest BCUT2D eigenvalue weighted by Gasteiger charge is 1.99. The Labute approximate surface area is 61.1 Å². The first-order chi connectivity index (χ1) is 4.16. The van der Waals surface area contributed by atoms with Crippen molar-refractivity contribution >= 4 is 11.0 Å². The van der Waals surface area contributed by atoms with Crippen LogP contribution in [-0.4, -0.2) is 16.5 Å². The minimum absolute atomic E-state index is 0. The van der Waals surface area contributed by atoms with Gasteiger partial charge in [0.1, 0.15) is 0 Å². The van der Waals surface area contributed by atoms with Gasteiger partial charge in [-0.25, -0.2) is 8.93 Å². The quantitative estimate of drug-likeness (QED) is 0.642. The second-order valence-electron chi connectivity index (χ2n) is 2.40. The van der Waals surface area contributed by atoms with E-state index >= 15 is 0 Å². The summed E-state index contributed by atoms with van der Waals surface area (Å²) in [5.74, 6) is 1.28. The average Bonchev–Trinajstić information content (AvgIpc) is 1.63. The normalized spacial score (nSPS) is 14.2. The van der Waals surface area contributed by atoms with Crippen LogP contribution in [0, 0.1) is 5.92 Å². The van der Waals surface area contributed by atoms with Crippen LogP contribution in [-0.2, 0) is 11.0 Å². The van der Waals surface area contributed by atoms with Gasteiger partial charge >= 0.3 is 0 Å². The van der Waals surface area contributed by atoms with E-state index in [0.717, 1.165) is 12.3 Å². The minimum atomic E-state index is -0.800. The maximum absolute atomic E-state index is 10.9. The molecule has 0 amide bonds. The van der Waals surface area contributed by atoms with Gasteiger partial charge in [-0.05, 0) is 5.92 Å². The molecule has 0 fully saturated rings. The van der Waals surface area contributed by atoms with Gasteiger partial charge in [0.15, 0.2) is 0 Å². The molecule has 58 valence electrons. The Morgan fingerprint density at radius 3 is 2.56 bits per heavy atom. The second-order valence-corrected chi connectivity index (χ2v) is 3.72. The second kappa shape index (κ2) is 4.94. The van der Waals surface area contributed by atoms with Crippen LogP contribution < -0.4 is 4.72 Å². The molecular weight excluding hydrogens is 134 g/mol. The molecule has 0 bridgehead atoms. The van der Waals surface area contributed by atoms with E-state index in [2.05, 4.69) is 18.6 Å². The Kier molecular flexibility index (Phi) is 5.00. The molecule has 3 heteroatoms. The molecule has 0 aliphatic rings. The van der Waals surface area contributed by atoms with Gasteiger partial charge in [0.25, 0.3) is 0 Å². The van der Waals surface area contributed by atoms with E-state index in [1.165, 1.54) is 0 Å². The summed E-state index contributed by atoms with van der Waals surface area (Å²) in [7, 11) is -0.800. The summed E-state index contributed by atoms with van der Waals surface area (Å²) in [6.45, 7) is 6.88. The van der Waals surface area contributed by atoms with Crippen molar-refractivity contribution in [2.24, 2.45) is 5.92 Å². The van der Waals surface area contributed by atoms with Gasteiger partial charge in [-0.1, -0.05) is 20.8 Å². The lowest BCUT2D eigenvalue weighted by molar-refractivity contribution is 0.655. The van der Waals surface area contributed by atoms with E-state index in [-0.39, 0.29) is 1.43 Å². The van der Waals surface area contributed by atoms with Crippen LogP contribution in [0.4, 0.5) is 0 Å². The van der Waals surface area contributed by atoms with E-state index in [1.54, 1.807) is 0 Å². The lowest BCUT2D eigenvalue weighted by Gasteiger charge is -2.03. The lowest BCUT2D eigenvalue weighted by Crippen LogP contribution is -2.21. The molecule has 1 atom stereocenters. The van der Waals surface area contributed by atoms with Crippen molar-refractivity contribution in [2.75, 3.05) is 12.3 Å². The monoisotopic (exact) mass is 151 g/mol. The van der Waals surface area contributed by atoms with Crippen molar-refractivity contribution in [3.63, 3.8) is 0 Å². The van der Waals surface area contributed by atoms with E-state index in [4.69, 9.17) is 0 Å². The summed E-state index contributed by atoms with van der Waals surface area (Å²) in [4.78, 5) is 0. The Bertz CT molecular complexity index is 97.7. The van der Waals surface area contributed by atoms with Gasteiger partial charge in [0.2, 0.25) is 0 Å². The summed E-state index contributed by atoms with van der Waals surface area (Å²) in [5, 5.41) is 0. The molecule has 9 heavy (non-hydrogen) atoms. The molecule has 0 aromatic heterocycles. The van der Waals surface area contributed by atoms with Crippen molar-refractivity contribution in [2.45, 2.75) is 20.8 Å². The molecule has 1 unspecified atom stereocenters. The highest BCUT2D eigenvalue weighted by atomic mass is 32.2. The predicted molar refractivity (Wildman–Crippen MR) is 43.6 cm³/mol. The number of nitrogens with one attached hydrogen (secondary N) is 1. The fraction of sp³-hybridized carbons (Fsp3) is 1.00. The fourth-order valence-electron chi connectivity index (χ4n) is 0.523. The van der Waals surface area contributed by atoms with E-state index in [9.17, 15) is 4.21 Å². The zero-order valence-corrected chi connectivity index (χ0v) is 7.12. The van der Waals surface area contributed by atoms with Crippen LogP contribution in [0.2, 0.25) is 0 Å². The standard InChI is InChI=1S/C6H15NOS.H2/c1-4-7-9(8)5-6(2)3;/h6-7H,4-5H2,1-3H3;1H. The summed E-state index contributed by atoms with van der Waals surface area (Å²) in [6.07, 6.45) is 0. The zero-order chi connectivity index (χ0) is 7.28. The van der Waals surface area contributed by atoms with Crippen molar-refractivity contribution in [1.82, 2.24) is 4.72 Å². The Hall–Kier alpha value is 0.110. The van der Waals surface area contributed by atoms with Crippen LogP contribution in [0.5, 0.6) is 0 Å². The van der Waals surface area contributed by atoms with Crippen LogP contribution in [0.15, 0.2) is 0 Å². The van der Waals surface area contributed by atoms with E-state index in [0.29, 0.717) is 5.92 Å². The summed E-state index contributed by atoms with van der Waals surface area (Å²) in [6, 6.07) is 0. The third kappa shape index (κ3) is 5.99. The van der Waals surface area contributed by atoms with Crippen molar-refractivity contribution < 1.29 is 5.64 Å². The molecule has 0 aliphatic heterocycles. The molecule has 0 saturated heterocycles. The Balaban J connectivity index is 0. The van der Waals surface area contributed by atoms with E-state index < -0.39 is 11.0 Å². The van der Waals surface area contributed by atoms with Gasteiger partial charge in [-0.2, -0.15) is 0 Å². The van der Waals surface area contributed by atoms with Crippen LogP contribution in [0.3, 0.4) is 0 Å². The molecule has 1 N–H and O–H groups in total. The van der Waals surface area contributed by atoms with Crippen molar-refractivity contribution in [3.8, 4) is 0 Å². The smallest absolute Gasteiger partial charge is 0.0917 e. The first-order valence-electron chi connectivity index (χ1n) is 3.28. The topological polar surface area (TPSA) is 29.1 Å². The Morgan fingerprint density at radius 2 is 2.22 bits per heavy atom. The molecule has 0 saturated carbocycles. The summed E-state index contributed by atoms with van der Waals surface area (Å²) in [5.41, 5.74) is 0. The SMILES string of the molecule is CCNS(=O)CC(C)C.[HH]. The number of hydrogen-bond acceptors (Lipinski definition) is 1. The van der Waals surface area contributed by atoms with Crippen molar-refractivity contribution in [1.29, 1.82) is 0 Å². The van der Waals surface area contributed by atoms with Gasteiger partial charge in [-0.3, -0.25) is 0 Å². The van der Waals surface area contributed by atoms with Crippen molar-refractivity contribution in [3.05, 3.63) is 0 Å². The predicted octanol–water partition coefficient (Wildman–Crippen LogP) is 1.16. The van der Waals surface area contributed by atoms with Crippen LogP contribution >= 0.6 is 0 Å². The Morgan fingerprint density at radius 1 is 1.67 bits per heavy atom. The van der Waals surface area contributed by atoms with Gasteiger partial charge < -0.3 is 0 Å². The minimum Gasteiger partial charge on any atom is -0.243 e. The van der Waals surface area contributed by atoms with E-state index in [1.807, 2.05) is 6.92 Å².